The van der Waals surface area contributed by atoms with Crippen molar-refractivity contribution in [1.82, 2.24) is 0 Å². The summed E-state index contributed by atoms with van der Waals surface area (Å²) in [6, 6.07) is 0. The Bertz CT molecular complexity index is 280. The van der Waals surface area contributed by atoms with E-state index in [9.17, 15) is 9.59 Å². The van der Waals surface area contributed by atoms with E-state index in [0.717, 1.165) is 12.7 Å². The van der Waals surface area contributed by atoms with Gasteiger partial charge < -0.3 is 4.79 Å². The van der Waals surface area contributed by atoms with Gasteiger partial charge in [-0.15, -0.1) is 0 Å². The molecule has 0 radical (unpaired) electrons. The van der Waals surface area contributed by atoms with E-state index in [-0.39, 0.29) is 17.1 Å². The van der Waals surface area contributed by atoms with Crippen LogP contribution in [0, 0.1) is 17.3 Å². The molecule has 2 heteroatoms. The number of carbonyl (C=O) groups excluding carboxylic acids is 2. The van der Waals surface area contributed by atoms with Crippen molar-refractivity contribution in [3.8, 4) is 0 Å². The van der Waals surface area contributed by atoms with Crippen LogP contribution in [0.2, 0.25) is 0 Å². The van der Waals surface area contributed by atoms with Gasteiger partial charge in [-0.1, -0.05) is 13.5 Å². The van der Waals surface area contributed by atoms with E-state index in [1.54, 1.807) is 0 Å². The molecule has 64 valence electrons. The molecule has 0 amide bonds. The lowest BCUT2D eigenvalue weighted by atomic mass is 9.78. The number of hydrogen-bond donors (Lipinski definition) is 0. The first-order valence-electron chi connectivity index (χ1n) is 4.28. The van der Waals surface area contributed by atoms with Crippen LogP contribution in [-0.4, -0.2) is 12.1 Å². The van der Waals surface area contributed by atoms with E-state index in [0.29, 0.717) is 17.9 Å². The number of aldehydes is 1. The van der Waals surface area contributed by atoms with Crippen LogP contribution in [0.1, 0.15) is 19.8 Å². The average Bonchev–Trinajstić information content (AvgIpc) is 2.77. The van der Waals surface area contributed by atoms with E-state index >= 15 is 0 Å². The lowest BCUT2D eigenvalue weighted by Gasteiger charge is -2.24. The fraction of sp³-hybridized carbons (Fsp3) is 0.600. The molecule has 0 spiro atoms. The summed E-state index contributed by atoms with van der Waals surface area (Å²) >= 11 is 0. The molecule has 2 aliphatic carbocycles. The van der Waals surface area contributed by atoms with Gasteiger partial charge in [-0.05, 0) is 17.9 Å². The second-order valence-corrected chi connectivity index (χ2v) is 4.08. The zero-order chi connectivity index (χ0) is 8.93. The zero-order valence-electron chi connectivity index (χ0n) is 7.17. The second kappa shape index (κ2) is 2.06. The summed E-state index contributed by atoms with van der Waals surface area (Å²) in [6.07, 6.45) is 2.33. The molecule has 0 aliphatic heterocycles. The molecule has 2 rings (SSSR count). The van der Waals surface area contributed by atoms with Crippen molar-refractivity contribution in [2.45, 2.75) is 19.8 Å². The van der Waals surface area contributed by atoms with Gasteiger partial charge in [-0.25, -0.2) is 0 Å². The normalized spacial score (nSPS) is 44.4. The van der Waals surface area contributed by atoms with Crippen molar-refractivity contribution in [2.24, 2.45) is 17.3 Å². The Kier molecular flexibility index (Phi) is 1.33. The molecule has 0 heterocycles. The van der Waals surface area contributed by atoms with Crippen LogP contribution >= 0.6 is 0 Å². The van der Waals surface area contributed by atoms with Crippen molar-refractivity contribution in [3.05, 3.63) is 12.2 Å². The molecule has 0 unspecified atom stereocenters. The van der Waals surface area contributed by atoms with Gasteiger partial charge in [0.15, 0.2) is 5.78 Å². The van der Waals surface area contributed by atoms with Crippen molar-refractivity contribution in [2.75, 3.05) is 0 Å². The third-order valence-corrected chi connectivity index (χ3v) is 3.44. The van der Waals surface area contributed by atoms with Crippen LogP contribution in [0.25, 0.3) is 0 Å². The van der Waals surface area contributed by atoms with E-state index in [1.807, 2.05) is 6.92 Å². The summed E-state index contributed by atoms with van der Waals surface area (Å²) in [5, 5.41) is 0. The third-order valence-electron chi connectivity index (χ3n) is 3.44. The summed E-state index contributed by atoms with van der Waals surface area (Å²) in [6.45, 7) is 5.76. The Morgan fingerprint density at radius 1 is 1.75 bits per heavy atom. The number of rotatable bonds is 2. The summed E-state index contributed by atoms with van der Waals surface area (Å²) < 4.78 is 0. The Balaban J connectivity index is 2.31. The highest BCUT2D eigenvalue weighted by Gasteiger charge is 2.62. The maximum atomic E-state index is 11.4. The predicted molar refractivity (Wildman–Crippen MR) is 44.5 cm³/mol. The summed E-state index contributed by atoms with van der Waals surface area (Å²) in [5.74, 6) is 0.828. The van der Waals surface area contributed by atoms with E-state index < -0.39 is 0 Å². The van der Waals surface area contributed by atoms with Crippen LogP contribution in [-0.2, 0) is 9.59 Å². The number of fused-ring (bicyclic) bond motifs is 1. The third kappa shape index (κ3) is 0.701. The number of Topliss-reactive ketones (excluding diaryl/α,β-unsaturated/α-hetero) is 1. The van der Waals surface area contributed by atoms with Crippen LogP contribution < -0.4 is 0 Å². The summed E-state index contributed by atoms with van der Waals surface area (Å²) in [7, 11) is 0. The van der Waals surface area contributed by atoms with Crippen molar-refractivity contribution < 1.29 is 9.59 Å². The predicted octanol–water partition coefficient (Wildman–Crippen LogP) is 1.36. The van der Waals surface area contributed by atoms with Gasteiger partial charge in [0.25, 0.3) is 0 Å². The molecule has 0 aromatic heterocycles. The number of ketones is 1. The van der Waals surface area contributed by atoms with E-state index in [2.05, 4.69) is 6.58 Å². The highest BCUT2D eigenvalue weighted by atomic mass is 16.1. The van der Waals surface area contributed by atoms with Gasteiger partial charge in [0.2, 0.25) is 0 Å². The first kappa shape index (κ1) is 7.71. The molecule has 12 heavy (non-hydrogen) atoms. The first-order valence-corrected chi connectivity index (χ1v) is 4.28. The second-order valence-electron chi connectivity index (χ2n) is 4.08. The minimum atomic E-state index is -0.205. The molecular formula is C10H12O2. The number of hydrogen-bond acceptors (Lipinski definition) is 2. The molecule has 0 aromatic rings. The number of allylic oxidation sites excluding steroid dienone is 1. The molecular weight excluding hydrogens is 152 g/mol. The molecule has 2 nitrogen and oxygen atoms in total. The highest BCUT2D eigenvalue weighted by molar-refractivity contribution is 6.03. The zero-order valence-corrected chi connectivity index (χ0v) is 7.17. The maximum Gasteiger partial charge on any atom is 0.162 e. The molecule has 0 N–H and O–H groups in total. The Morgan fingerprint density at radius 2 is 2.42 bits per heavy atom. The van der Waals surface area contributed by atoms with Gasteiger partial charge >= 0.3 is 0 Å². The van der Waals surface area contributed by atoms with Gasteiger partial charge in [-0.3, -0.25) is 4.79 Å². The van der Waals surface area contributed by atoms with Gasteiger partial charge in [0.05, 0.1) is 0 Å². The highest BCUT2D eigenvalue weighted by Crippen LogP contribution is 2.63. The Hall–Kier alpha value is -0.920. The fourth-order valence-corrected chi connectivity index (χ4v) is 2.37. The van der Waals surface area contributed by atoms with Gasteiger partial charge in [0, 0.05) is 17.8 Å². The van der Waals surface area contributed by atoms with Crippen molar-refractivity contribution >= 4 is 12.1 Å². The Labute approximate surface area is 71.6 Å². The topological polar surface area (TPSA) is 34.1 Å². The molecule has 2 fully saturated rings. The van der Waals surface area contributed by atoms with Crippen molar-refractivity contribution in [1.29, 1.82) is 0 Å². The van der Waals surface area contributed by atoms with E-state index in [4.69, 9.17) is 0 Å². The molecule has 2 aliphatic rings. The number of carbonyl (C=O) groups is 2. The smallest absolute Gasteiger partial charge is 0.162 e. The van der Waals surface area contributed by atoms with E-state index in [1.165, 1.54) is 0 Å². The maximum absolute atomic E-state index is 11.4. The lowest BCUT2D eigenvalue weighted by Crippen LogP contribution is -2.20. The average molecular weight is 164 g/mol. The van der Waals surface area contributed by atoms with Crippen LogP contribution in [0.5, 0.6) is 0 Å². The SMILES string of the molecule is C=C1C(=O)[C@H]2C[C@H]2[C@]1(C)CC=O. The standard InChI is InChI=1S/C10H12O2/c1-6-9(12)7-5-8(7)10(6,2)3-4-11/h4,7-8H,1,3,5H2,2H3/t7-,8+,10+/m0/s1. The largest absolute Gasteiger partial charge is 0.303 e. The molecule has 0 bridgehead atoms. The quantitative estimate of drug-likeness (QED) is 0.456. The monoisotopic (exact) mass is 164 g/mol. The molecule has 3 atom stereocenters. The lowest BCUT2D eigenvalue weighted by molar-refractivity contribution is -0.116. The molecule has 0 saturated heterocycles. The van der Waals surface area contributed by atoms with Crippen LogP contribution in [0.15, 0.2) is 12.2 Å². The van der Waals surface area contributed by atoms with Crippen molar-refractivity contribution in [3.63, 3.8) is 0 Å². The molecule has 2 saturated carbocycles. The Morgan fingerprint density at radius 3 is 2.83 bits per heavy atom. The summed E-state index contributed by atoms with van der Waals surface area (Å²) in [5.41, 5.74) is 0.472. The minimum absolute atomic E-state index is 0.198. The van der Waals surface area contributed by atoms with Gasteiger partial charge in [0.1, 0.15) is 6.29 Å². The molecule has 0 aromatic carbocycles. The minimum Gasteiger partial charge on any atom is -0.303 e. The fourth-order valence-electron chi connectivity index (χ4n) is 2.37. The first-order chi connectivity index (χ1) is 5.61. The van der Waals surface area contributed by atoms with Crippen LogP contribution in [0.4, 0.5) is 0 Å². The summed E-state index contributed by atoms with van der Waals surface area (Å²) in [4.78, 5) is 21.9. The van der Waals surface area contributed by atoms with Gasteiger partial charge in [-0.2, -0.15) is 0 Å². The van der Waals surface area contributed by atoms with Crippen LogP contribution in [0.3, 0.4) is 0 Å².